The zero-order chi connectivity index (χ0) is 16.0. The predicted molar refractivity (Wildman–Crippen MR) is 90.1 cm³/mol. The molecule has 1 aromatic carbocycles. The molecule has 0 spiro atoms. The Morgan fingerprint density at radius 2 is 2.22 bits per heavy atom. The third-order valence-electron chi connectivity index (χ3n) is 5.60. The van der Waals surface area contributed by atoms with Crippen LogP contribution in [0.15, 0.2) is 43.1 Å². The predicted octanol–water partition coefficient (Wildman–Crippen LogP) is 2.87. The number of hydrogen-bond acceptors (Lipinski definition) is 4. The van der Waals surface area contributed by atoms with Crippen LogP contribution in [0.3, 0.4) is 0 Å². The standard InChI is InChI=1S/C19H22N2O2/c1-2-12-11-21-8-6-13(12)9-18(21)19(23)15-5-7-20-17-4-3-14(22)10-16(15)17/h2-5,7,10,12-13,18-19,22-23H,1,6,8-9,11H2/t12-,13-,18+,19-/m0/s1. The van der Waals surface area contributed by atoms with Gasteiger partial charge in [0, 0.05) is 24.2 Å². The Labute approximate surface area is 136 Å². The fourth-order valence-corrected chi connectivity index (χ4v) is 4.33. The summed E-state index contributed by atoms with van der Waals surface area (Å²) < 4.78 is 0. The summed E-state index contributed by atoms with van der Waals surface area (Å²) in [5.74, 6) is 1.38. The van der Waals surface area contributed by atoms with Crippen LogP contribution in [0.25, 0.3) is 10.9 Å². The van der Waals surface area contributed by atoms with Crippen molar-refractivity contribution in [3.63, 3.8) is 0 Å². The topological polar surface area (TPSA) is 56.6 Å². The van der Waals surface area contributed by atoms with E-state index in [2.05, 4.69) is 22.5 Å². The number of pyridine rings is 1. The van der Waals surface area contributed by atoms with Crippen molar-refractivity contribution in [1.82, 2.24) is 9.88 Å². The van der Waals surface area contributed by atoms with Crippen molar-refractivity contribution in [2.45, 2.75) is 25.0 Å². The molecule has 4 heteroatoms. The minimum absolute atomic E-state index is 0.137. The van der Waals surface area contributed by atoms with Crippen LogP contribution in [0.4, 0.5) is 0 Å². The zero-order valence-corrected chi connectivity index (χ0v) is 13.1. The molecule has 0 aliphatic carbocycles. The quantitative estimate of drug-likeness (QED) is 0.856. The minimum Gasteiger partial charge on any atom is -0.508 e. The average molecular weight is 310 g/mol. The van der Waals surface area contributed by atoms with Crippen molar-refractivity contribution < 1.29 is 10.2 Å². The summed E-state index contributed by atoms with van der Waals surface area (Å²) in [6.07, 6.45) is 5.44. The molecule has 2 aromatic rings. The van der Waals surface area contributed by atoms with Gasteiger partial charge >= 0.3 is 0 Å². The van der Waals surface area contributed by atoms with Gasteiger partial charge in [-0.25, -0.2) is 0 Å². The first-order valence-electron chi connectivity index (χ1n) is 8.29. The molecule has 1 unspecified atom stereocenters. The van der Waals surface area contributed by atoms with Crippen molar-refractivity contribution in [2.24, 2.45) is 11.8 Å². The van der Waals surface area contributed by atoms with E-state index < -0.39 is 6.10 Å². The van der Waals surface area contributed by atoms with Gasteiger partial charge in [0.05, 0.1) is 11.6 Å². The first-order chi connectivity index (χ1) is 11.2. The molecule has 0 radical (unpaired) electrons. The number of rotatable bonds is 3. The van der Waals surface area contributed by atoms with Crippen LogP contribution in [0, 0.1) is 11.8 Å². The monoisotopic (exact) mass is 310 g/mol. The Morgan fingerprint density at radius 3 is 2.96 bits per heavy atom. The Bertz CT molecular complexity index is 745. The third-order valence-corrected chi connectivity index (χ3v) is 5.60. The lowest BCUT2D eigenvalue weighted by Gasteiger charge is -2.50. The summed E-state index contributed by atoms with van der Waals surface area (Å²) in [4.78, 5) is 6.73. The fourth-order valence-electron chi connectivity index (χ4n) is 4.33. The minimum atomic E-state index is -0.559. The van der Waals surface area contributed by atoms with E-state index in [1.54, 1.807) is 24.4 Å². The Balaban J connectivity index is 1.69. The highest BCUT2D eigenvalue weighted by Crippen LogP contribution is 2.42. The summed E-state index contributed by atoms with van der Waals surface area (Å²) >= 11 is 0. The number of aromatic hydroxyl groups is 1. The van der Waals surface area contributed by atoms with Crippen LogP contribution in [0.5, 0.6) is 5.75 Å². The van der Waals surface area contributed by atoms with Crippen molar-refractivity contribution in [1.29, 1.82) is 0 Å². The average Bonchev–Trinajstić information content (AvgIpc) is 2.60. The van der Waals surface area contributed by atoms with E-state index in [9.17, 15) is 10.2 Å². The van der Waals surface area contributed by atoms with E-state index in [-0.39, 0.29) is 11.8 Å². The van der Waals surface area contributed by atoms with Crippen molar-refractivity contribution in [2.75, 3.05) is 13.1 Å². The number of phenolic OH excluding ortho intramolecular Hbond substituents is 1. The van der Waals surface area contributed by atoms with Gasteiger partial charge in [-0.3, -0.25) is 9.88 Å². The first-order valence-corrected chi connectivity index (χ1v) is 8.29. The molecule has 0 amide bonds. The molecule has 0 saturated carbocycles. The van der Waals surface area contributed by atoms with E-state index in [1.807, 2.05) is 6.07 Å². The van der Waals surface area contributed by atoms with Crippen LogP contribution in [0.2, 0.25) is 0 Å². The number of benzene rings is 1. The highest BCUT2D eigenvalue weighted by Gasteiger charge is 2.42. The fraction of sp³-hybridized carbons (Fsp3) is 0.421. The molecule has 3 aliphatic rings. The van der Waals surface area contributed by atoms with E-state index in [0.29, 0.717) is 11.8 Å². The summed E-state index contributed by atoms with van der Waals surface area (Å²) in [7, 11) is 0. The number of aromatic nitrogens is 1. The summed E-state index contributed by atoms with van der Waals surface area (Å²) in [6, 6.07) is 7.14. The number of hydrogen-bond donors (Lipinski definition) is 2. The number of aliphatic hydroxyl groups is 1. The van der Waals surface area contributed by atoms with E-state index in [4.69, 9.17) is 0 Å². The largest absolute Gasteiger partial charge is 0.508 e. The molecule has 4 heterocycles. The lowest BCUT2D eigenvalue weighted by atomic mass is 9.73. The lowest BCUT2D eigenvalue weighted by Crippen LogP contribution is -2.54. The van der Waals surface area contributed by atoms with Crippen LogP contribution in [0.1, 0.15) is 24.5 Å². The van der Waals surface area contributed by atoms with Gasteiger partial charge in [0.1, 0.15) is 5.75 Å². The number of phenols is 1. The van der Waals surface area contributed by atoms with Gasteiger partial charge in [-0.15, -0.1) is 6.58 Å². The molecule has 120 valence electrons. The van der Waals surface area contributed by atoms with Crippen LogP contribution < -0.4 is 0 Å². The molecule has 5 atom stereocenters. The zero-order valence-electron chi connectivity index (χ0n) is 13.1. The summed E-state index contributed by atoms with van der Waals surface area (Å²) in [5, 5.41) is 21.7. The van der Waals surface area contributed by atoms with Crippen LogP contribution >= 0.6 is 0 Å². The van der Waals surface area contributed by atoms with E-state index >= 15 is 0 Å². The van der Waals surface area contributed by atoms with E-state index in [0.717, 1.165) is 36.0 Å². The Kier molecular flexibility index (Phi) is 3.58. The SMILES string of the molecule is C=C[C@H]1CN2CC[C@H]1C[C@@H]2[C@@H](O)c1ccnc2ccc(O)cc12. The number of piperidine rings is 3. The second kappa shape index (κ2) is 5.62. The highest BCUT2D eigenvalue weighted by molar-refractivity contribution is 5.83. The maximum atomic E-state index is 11.0. The van der Waals surface area contributed by atoms with Gasteiger partial charge in [0.15, 0.2) is 0 Å². The summed E-state index contributed by atoms with van der Waals surface area (Å²) in [6.45, 7) is 5.99. The number of aliphatic hydroxyl groups excluding tert-OH is 1. The molecule has 3 fully saturated rings. The van der Waals surface area contributed by atoms with Crippen LogP contribution in [-0.2, 0) is 0 Å². The van der Waals surface area contributed by atoms with Crippen molar-refractivity contribution in [3.8, 4) is 5.75 Å². The maximum Gasteiger partial charge on any atom is 0.116 e. The molecule has 3 aliphatic heterocycles. The highest BCUT2D eigenvalue weighted by atomic mass is 16.3. The molecule has 23 heavy (non-hydrogen) atoms. The van der Waals surface area contributed by atoms with Gasteiger partial charge < -0.3 is 10.2 Å². The third kappa shape index (κ3) is 2.42. The smallest absolute Gasteiger partial charge is 0.116 e. The second-order valence-corrected chi connectivity index (χ2v) is 6.79. The van der Waals surface area contributed by atoms with Gasteiger partial charge in [-0.2, -0.15) is 0 Å². The maximum absolute atomic E-state index is 11.0. The van der Waals surface area contributed by atoms with Crippen molar-refractivity contribution >= 4 is 10.9 Å². The normalized spacial score (nSPS) is 31.2. The molecule has 2 N–H and O–H groups in total. The van der Waals surface area contributed by atoms with Crippen LogP contribution in [-0.4, -0.2) is 39.2 Å². The van der Waals surface area contributed by atoms with Gasteiger partial charge in [0.2, 0.25) is 0 Å². The van der Waals surface area contributed by atoms with Gasteiger partial charge in [0.25, 0.3) is 0 Å². The molecule has 1 aromatic heterocycles. The molecule has 4 nitrogen and oxygen atoms in total. The molecular weight excluding hydrogens is 288 g/mol. The number of nitrogens with zero attached hydrogens (tertiary/aromatic N) is 2. The molecular formula is C19H22N2O2. The number of fused-ring (bicyclic) bond motifs is 4. The van der Waals surface area contributed by atoms with Crippen molar-refractivity contribution in [3.05, 3.63) is 48.7 Å². The second-order valence-electron chi connectivity index (χ2n) is 6.79. The lowest BCUT2D eigenvalue weighted by molar-refractivity contribution is -0.0444. The first kappa shape index (κ1) is 14.7. The Hall–Kier alpha value is -1.91. The molecule has 3 saturated heterocycles. The summed E-state index contributed by atoms with van der Waals surface area (Å²) in [5.41, 5.74) is 1.66. The molecule has 2 bridgehead atoms. The van der Waals surface area contributed by atoms with Gasteiger partial charge in [-0.05, 0) is 61.1 Å². The van der Waals surface area contributed by atoms with Gasteiger partial charge in [-0.1, -0.05) is 6.08 Å². The van der Waals surface area contributed by atoms with E-state index in [1.165, 1.54) is 6.42 Å². The Morgan fingerprint density at radius 1 is 1.35 bits per heavy atom. The molecule has 5 rings (SSSR count).